The van der Waals surface area contributed by atoms with Crippen molar-refractivity contribution in [2.45, 2.75) is 32.7 Å². The maximum absolute atomic E-state index is 12.8. The van der Waals surface area contributed by atoms with Gasteiger partial charge < -0.3 is 20.1 Å². The second kappa shape index (κ2) is 6.57. The number of amides is 1. The van der Waals surface area contributed by atoms with Crippen LogP contribution in [0.25, 0.3) is 0 Å². The quantitative estimate of drug-likeness (QED) is 0.905. The van der Waals surface area contributed by atoms with Crippen molar-refractivity contribution >= 4 is 5.91 Å². The number of benzene rings is 1. The Morgan fingerprint density at radius 3 is 2.91 bits per heavy atom. The third-order valence-electron chi connectivity index (χ3n) is 4.78. The number of fused-ring (bicyclic) bond motifs is 1. The maximum atomic E-state index is 12.8. The Bertz CT molecular complexity index is 547. The van der Waals surface area contributed by atoms with Gasteiger partial charge in [-0.05, 0) is 49.9 Å². The number of nitrogens with two attached hydrogens (primary N) is 1. The highest BCUT2D eigenvalue weighted by molar-refractivity contribution is 5.79. The molecule has 2 aliphatic rings. The van der Waals surface area contributed by atoms with Crippen LogP contribution in [0, 0.1) is 11.8 Å². The van der Waals surface area contributed by atoms with E-state index in [0.717, 1.165) is 36.3 Å². The zero-order valence-corrected chi connectivity index (χ0v) is 13.1. The highest BCUT2D eigenvalue weighted by atomic mass is 16.7. The smallest absolute Gasteiger partial charge is 0.231 e. The van der Waals surface area contributed by atoms with Gasteiger partial charge in [0, 0.05) is 19.0 Å². The molecule has 0 spiro atoms. The summed E-state index contributed by atoms with van der Waals surface area (Å²) in [6.07, 6.45) is 3.16. The number of hydrogen-bond acceptors (Lipinski definition) is 4. The average molecular weight is 304 g/mol. The van der Waals surface area contributed by atoms with Crippen LogP contribution in [0.5, 0.6) is 11.5 Å². The van der Waals surface area contributed by atoms with Crippen molar-refractivity contribution in [1.29, 1.82) is 0 Å². The predicted octanol–water partition coefficient (Wildman–Crippen LogP) is 2.14. The lowest BCUT2D eigenvalue weighted by Crippen LogP contribution is -2.38. The van der Waals surface area contributed by atoms with E-state index in [1.54, 1.807) is 0 Å². The van der Waals surface area contributed by atoms with Gasteiger partial charge in [-0.1, -0.05) is 12.5 Å². The van der Waals surface area contributed by atoms with Crippen LogP contribution < -0.4 is 15.2 Å². The van der Waals surface area contributed by atoms with Gasteiger partial charge in [0.05, 0.1) is 0 Å². The molecule has 1 aromatic rings. The van der Waals surface area contributed by atoms with Crippen molar-refractivity contribution in [3.8, 4) is 11.5 Å². The minimum absolute atomic E-state index is 0.0963. The monoisotopic (exact) mass is 304 g/mol. The molecule has 3 rings (SSSR count). The Morgan fingerprint density at radius 2 is 2.14 bits per heavy atom. The summed E-state index contributed by atoms with van der Waals surface area (Å²) in [5.74, 6) is 2.23. The lowest BCUT2D eigenvalue weighted by atomic mass is 9.94. The van der Waals surface area contributed by atoms with E-state index in [1.165, 1.54) is 0 Å². The van der Waals surface area contributed by atoms with Gasteiger partial charge in [0.25, 0.3) is 0 Å². The third-order valence-corrected chi connectivity index (χ3v) is 4.78. The van der Waals surface area contributed by atoms with E-state index in [4.69, 9.17) is 15.2 Å². The topological polar surface area (TPSA) is 64.8 Å². The Morgan fingerprint density at radius 1 is 1.32 bits per heavy atom. The van der Waals surface area contributed by atoms with Crippen molar-refractivity contribution in [2.75, 3.05) is 19.9 Å². The second-order valence-corrected chi connectivity index (χ2v) is 6.07. The number of hydrogen-bond donors (Lipinski definition) is 1. The Kier molecular flexibility index (Phi) is 4.52. The van der Waals surface area contributed by atoms with Crippen LogP contribution in [-0.4, -0.2) is 30.7 Å². The van der Waals surface area contributed by atoms with E-state index in [9.17, 15) is 4.79 Å². The first-order valence-corrected chi connectivity index (χ1v) is 8.10. The summed E-state index contributed by atoms with van der Waals surface area (Å²) in [7, 11) is 0. The molecule has 5 heteroatoms. The molecular formula is C17H24N2O3. The molecule has 1 aromatic carbocycles. The van der Waals surface area contributed by atoms with Crippen LogP contribution in [0.1, 0.15) is 31.7 Å². The van der Waals surface area contributed by atoms with E-state index < -0.39 is 0 Å². The maximum Gasteiger partial charge on any atom is 0.231 e. The number of nitrogens with zero attached hydrogens (tertiary/aromatic N) is 1. The van der Waals surface area contributed by atoms with Crippen molar-refractivity contribution in [3.05, 3.63) is 23.8 Å². The summed E-state index contributed by atoms with van der Waals surface area (Å²) >= 11 is 0. The molecule has 1 saturated carbocycles. The molecule has 1 aliphatic heterocycles. The summed E-state index contributed by atoms with van der Waals surface area (Å²) in [4.78, 5) is 14.7. The molecule has 0 aromatic heterocycles. The molecule has 0 saturated heterocycles. The Hall–Kier alpha value is -1.75. The molecule has 0 bridgehead atoms. The summed E-state index contributed by atoms with van der Waals surface area (Å²) in [6.45, 7) is 4.23. The third kappa shape index (κ3) is 2.90. The van der Waals surface area contributed by atoms with E-state index in [-0.39, 0.29) is 18.6 Å². The summed E-state index contributed by atoms with van der Waals surface area (Å²) in [5.41, 5.74) is 6.89. The fourth-order valence-electron chi connectivity index (χ4n) is 3.48. The lowest BCUT2D eigenvalue weighted by molar-refractivity contribution is -0.137. The van der Waals surface area contributed by atoms with Gasteiger partial charge in [-0.2, -0.15) is 0 Å². The van der Waals surface area contributed by atoms with Gasteiger partial charge in [0.1, 0.15) is 0 Å². The molecule has 2 N–H and O–H groups in total. The summed E-state index contributed by atoms with van der Waals surface area (Å²) in [5, 5.41) is 0. The molecule has 1 fully saturated rings. The molecule has 1 heterocycles. The minimum atomic E-state index is 0.0963. The molecule has 0 unspecified atom stereocenters. The highest BCUT2D eigenvalue weighted by Gasteiger charge is 2.34. The van der Waals surface area contributed by atoms with E-state index >= 15 is 0 Å². The number of rotatable bonds is 5. The van der Waals surface area contributed by atoms with Gasteiger partial charge in [-0.25, -0.2) is 0 Å². The first kappa shape index (κ1) is 15.2. The summed E-state index contributed by atoms with van der Waals surface area (Å²) in [6, 6.07) is 5.88. The Balaban J connectivity index is 1.70. The van der Waals surface area contributed by atoms with E-state index in [0.29, 0.717) is 25.6 Å². The zero-order chi connectivity index (χ0) is 15.5. The molecule has 0 radical (unpaired) electrons. The van der Waals surface area contributed by atoms with E-state index in [2.05, 4.69) is 0 Å². The first-order valence-electron chi connectivity index (χ1n) is 8.10. The zero-order valence-electron chi connectivity index (χ0n) is 13.1. The Labute approximate surface area is 131 Å². The largest absolute Gasteiger partial charge is 0.454 e. The minimum Gasteiger partial charge on any atom is -0.454 e. The lowest BCUT2D eigenvalue weighted by Gasteiger charge is -2.27. The van der Waals surface area contributed by atoms with Crippen molar-refractivity contribution in [2.24, 2.45) is 17.6 Å². The van der Waals surface area contributed by atoms with Gasteiger partial charge in [0.2, 0.25) is 12.7 Å². The van der Waals surface area contributed by atoms with Crippen LogP contribution in [0.2, 0.25) is 0 Å². The second-order valence-electron chi connectivity index (χ2n) is 6.07. The van der Waals surface area contributed by atoms with Gasteiger partial charge in [0.15, 0.2) is 11.5 Å². The first-order chi connectivity index (χ1) is 10.7. The number of carbonyl (C=O) groups excluding carboxylic acids is 1. The van der Waals surface area contributed by atoms with Crippen LogP contribution in [0.3, 0.4) is 0 Å². The standard InChI is InChI=1S/C17H24N2O3/c1-2-19(17(20)14-5-3-4-13(14)9-18)10-12-6-7-15-16(8-12)22-11-21-15/h6-8,13-14H,2-5,9-11,18H2,1H3/t13-,14-/m1/s1. The van der Waals surface area contributed by atoms with Crippen LogP contribution >= 0.6 is 0 Å². The normalized spacial score (nSPS) is 22.8. The predicted molar refractivity (Wildman–Crippen MR) is 83.5 cm³/mol. The molecule has 120 valence electrons. The number of carbonyl (C=O) groups is 1. The fourth-order valence-corrected chi connectivity index (χ4v) is 3.48. The van der Waals surface area contributed by atoms with Gasteiger partial charge in [-0.15, -0.1) is 0 Å². The van der Waals surface area contributed by atoms with Gasteiger partial charge >= 0.3 is 0 Å². The van der Waals surface area contributed by atoms with Crippen LogP contribution in [0.4, 0.5) is 0 Å². The molecule has 2 atom stereocenters. The van der Waals surface area contributed by atoms with Crippen LogP contribution in [-0.2, 0) is 11.3 Å². The highest BCUT2D eigenvalue weighted by Crippen LogP contribution is 2.34. The van der Waals surface area contributed by atoms with Crippen molar-refractivity contribution in [1.82, 2.24) is 4.90 Å². The molecule has 1 amide bonds. The van der Waals surface area contributed by atoms with Crippen molar-refractivity contribution < 1.29 is 14.3 Å². The average Bonchev–Trinajstić information content (AvgIpc) is 3.19. The van der Waals surface area contributed by atoms with Crippen molar-refractivity contribution in [3.63, 3.8) is 0 Å². The molecule has 5 nitrogen and oxygen atoms in total. The van der Waals surface area contributed by atoms with E-state index in [1.807, 2.05) is 30.0 Å². The summed E-state index contributed by atoms with van der Waals surface area (Å²) < 4.78 is 10.7. The fraction of sp³-hybridized carbons (Fsp3) is 0.588. The molecule has 22 heavy (non-hydrogen) atoms. The molecular weight excluding hydrogens is 280 g/mol. The van der Waals surface area contributed by atoms with Gasteiger partial charge in [-0.3, -0.25) is 4.79 Å². The van der Waals surface area contributed by atoms with Crippen LogP contribution in [0.15, 0.2) is 18.2 Å². The SMILES string of the molecule is CCN(Cc1ccc2c(c1)OCO2)C(=O)[C@@H]1CCC[C@@H]1CN. The molecule has 1 aliphatic carbocycles. The number of ether oxygens (including phenoxy) is 2.